The first-order chi connectivity index (χ1) is 17.1. The van der Waals surface area contributed by atoms with Crippen LogP contribution in [-0.4, -0.2) is 32.5 Å². The standard InChI is InChI=1S/C27H23N5O3/c33-21-7-8-24(32(34)35)23(16-21)26-30-25-22(19-6-5-17-3-1-2-4-18(17)15-19)11-14-29-27(25)31(26)20-9-12-28-13-10-20/h1-8,11,14-16,20,28,33H,9-10,12-13H2/p-1. The van der Waals surface area contributed by atoms with E-state index in [4.69, 9.17) is 4.98 Å². The molecule has 35 heavy (non-hydrogen) atoms. The molecule has 0 atom stereocenters. The van der Waals surface area contributed by atoms with Crippen LogP contribution in [0.4, 0.5) is 5.69 Å². The van der Waals surface area contributed by atoms with E-state index in [1.165, 1.54) is 18.2 Å². The zero-order valence-electron chi connectivity index (χ0n) is 18.8. The smallest absolute Gasteiger partial charge is 0.280 e. The highest BCUT2D eigenvalue weighted by atomic mass is 16.6. The molecule has 1 fully saturated rings. The zero-order valence-corrected chi connectivity index (χ0v) is 18.8. The average Bonchev–Trinajstić information content (AvgIpc) is 3.28. The number of benzene rings is 3. The molecule has 1 aliphatic rings. The number of imidazole rings is 1. The highest BCUT2D eigenvalue weighted by Crippen LogP contribution is 2.39. The van der Waals surface area contributed by atoms with Crippen molar-refractivity contribution in [1.29, 1.82) is 0 Å². The van der Waals surface area contributed by atoms with Crippen molar-refractivity contribution in [3.05, 3.63) is 83.0 Å². The number of piperidine rings is 1. The molecular weight excluding hydrogens is 442 g/mol. The first-order valence-corrected chi connectivity index (χ1v) is 11.6. The first kappa shape index (κ1) is 21.2. The van der Waals surface area contributed by atoms with Crippen LogP contribution in [-0.2, 0) is 0 Å². The number of hydrogen-bond acceptors (Lipinski definition) is 6. The SMILES string of the molecule is O=[N+]([O-])c1ccc([O-])cc1-c1nc2c(-c3ccc4ccccc4c3)ccnc2n1C1CCNCC1. The molecule has 0 radical (unpaired) electrons. The Kier molecular flexibility index (Phi) is 5.15. The average molecular weight is 465 g/mol. The second kappa shape index (κ2) is 8.48. The summed E-state index contributed by atoms with van der Waals surface area (Å²) in [5.41, 5.74) is 3.32. The summed E-state index contributed by atoms with van der Waals surface area (Å²) >= 11 is 0. The molecule has 6 rings (SSSR count). The molecular formula is C27H22N5O3-. The predicted octanol–water partition coefficient (Wildman–Crippen LogP) is 4.82. The largest absolute Gasteiger partial charge is 0.872 e. The Morgan fingerprint density at radius 1 is 0.943 bits per heavy atom. The van der Waals surface area contributed by atoms with Crippen molar-refractivity contribution in [3.8, 4) is 28.3 Å². The Morgan fingerprint density at radius 2 is 1.74 bits per heavy atom. The number of nitrogens with one attached hydrogen (secondary N) is 1. The van der Waals surface area contributed by atoms with E-state index in [9.17, 15) is 15.2 Å². The molecule has 0 spiro atoms. The quantitative estimate of drug-likeness (QED) is 0.302. The molecule has 0 amide bonds. The van der Waals surface area contributed by atoms with E-state index in [0.717, 1.165) is 47.8 Å². The Bertz CT molecular complexity index is 1590. The minimum absolute atomic E-state index is 0.0607. The van der Waals surface area contributed by atoms with Crippen LogP contribution in [0, 0.1) is 10.1 Å². The molecule has 0 saturated carbocycles. The van der Waals surface area contributed by atoms with Crippen LogP contribution in [0.2, 0.25) is 0 Å². The van der Waals surface area contributed by atoms with Crippen LogP contribution >= 0.6 is 0 Å². The normalized spacial score (nSPS) is 14.5. The van der Waals surface area contributed by atoms with Crippen molar-refractivity contribution in [2.45, 2.75) is 18.9 Å². The minimum atomic E-state index is -0.460. The van der Waals surface area contributed by atoms with Gasteiger partial charge in [-0.3, -0.25) is 10.1 Å². The van der Waals surface area contributed by atoms with Crippen molar-refractivity contribution < 1.29 is 10.0 Å². The van der Waals surface area contributed by atoms with Gasteiger partial charge in [0.05, 0.1) is 10.5 Å². The molecule has 5 aromatic rings. The number of aromatic nitrogens is 3. The van der Waals surface area contributed by atoms with Gasteiger partial charge in [-0.25, -0.2) is 9.97 Å². The number of nitro benzene ring substituents is 1. The molecule has 1 saturated heterocycles. The summed E-state index contributed by atoms with van der Waals surface area (Å²) in [5, 5.41) is 29.8. The second-order valence-corrected chi connectivity index (χ2v) is 8.82. The Morgan fingerprint density at radius 3 is 2.54 bits per heavy atom. The van der Waals surface area contributed by atoms with Gasteiger partial charge in [-0.05, 0) is 54.4 Å². The van der Waals surface area contributed by atoms with E-state index in [-0.39, 0.29) is 23.0 Å². The third kappa shape index (κ3) is 3.68. The van der Waals surface area contributed by atoms with Crippen molar-refractivity contribution in [3.63, 3.8) is 0 Å². The maximum Gasteiger partial charge on any atom is 0.280 e. The molecule has 0 bridgehead atoms. The summed E-state index contributed by atoms with van der Waals surface area (Å²) < 4.78 is 2.00. The van der Waals surface area contributed by atoms with E-state index < -0.39 is 4.92 Å². The molecule has 0 unspecified atom stereocenters. The monoisotopic (exact) mass is 464 g/mol. The van der Waals surface area contributed by atoms with Crippen LogP contribution in [0.25, 0.3) is 44.5 Å². The highest BCUT2D eigenvalue weighted by Gasteiger charge is 2.28. The van der Waals surface area contributed by atoms with Gasteiger partial charge in [-0.1, -0.05) is 48.5 Å². The Balaban J connectivity index is 1.63. The number of pyridine rings is 1. The van der Waals surface area contributed by atoms with Gasteiger partial charge >= 0.3 is 0 Å². The minimum Gasteiger partial charge on any atom is -0.872 e. The van der Waals surface area contributed by atoms with E-state index >= 15 is 0 Å². The summed E-state index contributed by atoms with van der Waals surface area (Å²) in [4.78, 5) is 21.0. The topological polar surface area (TPSA) is 109 Å². The van der Waals surface area contributed by atoms with Crippen molar-refractivity contribution in [1.82, 2.24) is 19.9 Å². The molecule has 3 aromatic carbocycles. The summed E-state index contributed by atoms with van der Waals surface area (Å²) in [5.74, 6) is 0.120. The summed E-state index contributed by atoms with van der Waals surface area (Å²) in [6, 6.07) is 20.2. The second-order valence-electron chi connectivity index (χ2n) is 8.82. The molecule has 3 heterocycles. The van der Waals surface area contributed by atoms with Crippen molar-refractivity contribution >= 4 is 27.6 Å². The lowest BCUT2D eigenvalue weighted by Crippen LogP contribution is -2.29. The number of rotatable bonds is 4. The number of nitro groups is 1. The number of hydrogen-bond donors (Lipinski definition) is 1. The molecule has 8 nitrogen and oxygen atoms in total. The third-order valence-electron chi connectivity index (χ3n) is 6.72. The Hall–Kier alpha value is -4.30. The van der Waals surface area contributed by atoms with Crippen molar-refractivity contribution in [2.24, 2.45) is 0 Å². The fraction of sp³-hybridized carbons (Fsp3) is 0.185. The maximum absolute atomic E-state index is 12.3. The van der Waals surface area contributed by atoms with Gasteiger partial charge in [0.15, 0.2) is 5.65 Å². The van der Waals surface area contributed by atoms with E-state index in [1.807, 2.05) is 22.8 Å². The Labute approximate surface area is 201 Å². The van der Waals surface area contributed by atoms with Gasteiger partial charge < -0.3 is 15.0 Å². The summed E-state index contributed by atoms with van der Waals surface area (Å²) in [6.45, 7) is 1.66. The zero-order chi connectivity index (χ0) is 23.9. The molecule has 2 aromatic heterocycles. The van der Waals surface area contributed by atoms with E-state index in [2.05, 4.69) is 40.6 Å². The number of nitrogens with zero attached hydrogens (tertiary/aromatic N) is 4. The number of fused-ring (bicyclic) bond motifs is 2. The molecule has 1 N–H and O–H groups in total. The van der Waals surface area contributed by atoms with Crippen LogP contribution in [0.5, 0.6) is 5.75 Å². The lowest BCUT2D eigenvalue weighted by molar-refractivity contribution is -0.384. The van der Waals surface area contributed by atoms with Gasteiger partial charge in [0, 0.05) is 23.9 Å². The van der Waals surface area contributed by atoms with Gasteiger partial charge in [0.25, 0.3) is 5.69 Å². The molecule has 0 aliphatic carbocycles. The molecule has 1 aliphatic heterocycles. The lowest BCUT2D eigenvalue weighted by atomic mass is 10.0. The van der Waals surface area contributed by atoms with Gasteiger partial charge in [-0.15, -0.1) is 5.75 Å². The molecule has 174 valence electrons. The summed E-state index contributed by atoms with van der Waals surface area (Å²) in [6.07, 6.45) is 3.44. The van der Waals surface area contributed by atoms with Crippen LogP contribution in [0.1, 0.15) is 18.9 Å². The molecule has 8 heteroatoms. The fourth-order valence-electron chi connectivity index (χ4n) is 5.03. The van der Waals surface area contributed by atoms with Crippen LogP contribution < -0.4 is 10.4 Å². The maximum atomic E-state index is 12.3. The summed E-state index contributed by atoms with van der Waals surface area (Å²) in [7, 11) is 0. The van der Waals surface area contributed by atoms with E-state index in [1.54, 1.807) is 6.20 Å². The van der Waals surface area contributed by atoms with Crippen LogP contribution in [0.3, 0.4) is 0 Å². The third-order valence-corrected chi connectivity index (χ3v) is 6.72. The fourth-order valence-corrected chi connectivity index (χ4v) is 5.03. The van der Waals surface area contributed by atoms with Gasteiger partial charge in [0.2, 0.25) is 0 Å². The lowest BCUT2D eigenvalue weighted by Gasteiger charge is -2.26. The first-order valence-electron chi connectivity index (χ1n) is 11.6. The van der Waals surface area contributed by atoms with E-state index in [0.29, 0.717) is 17.0 Å². The van der Waals surface area contributed by atoms with Crippen LogP contribution in [0.15, 0.2) is 72.9 Å². The van der Waals surface area contributed by atoms with Gasteiger partial charge in [0.1, 0.15) is 11.3 Å². The van der Waals surface area contributed by atoms with Crippen molar-refractivity contribution in [2.75, 3.05) is 13.1 Å². The predicted molar refractivity (Wildman–Crippen MR) is 133 cm³/mol. The van der Waals surface area contributed by atoms with Gasteiger partial charge in [-0.2, -0.15) is 0 Å². The highest BCUT2D eigenvalue weighted by molar-refractivity contribution is 5.96.